The molecule has 1 fully saturated rings. The van der Waals surface area contributed by atoms with E-state index in [0.717, 1.165) is 26.1 Å². The molecule has 0 aromatic heterocycles. The van der Waals surface area contributed by atoms with Crippen LogP contribution in [0.25, 0.3) is 0 Å². The molecule has 0 spiro atoms. The lowest BCUT2D eigenvalue weighted by molar-refractivity contribution is 0.176. The lowest BCUT2D eigenvalue weighted by Crippen LogP contribution is -2.22. The third kappa shape index (κ3) is 4.38. The van der Waals surface area contributed by atoms with E-state index in [1.165, 1.54) is 6.42 Å². The molecule has 0 radical (unpaired) electrons. The molecule has 1 heterocycles. The van der Waals surface area contributed by atoms with Gasteiger partial charge < -0.3 is 10.0 Å². The third-order valence-electron chi connectivity index (χ3n) is 1.79. The van der Waals surface area contributed by atoms with Crippen molar-refractivity contribution >= 4 is 0 Å². The molecule has 2 nitrogen and oxygen atoms in total. The number of nitrogens with zero attached hydrogens (tertiary/aromatic N) is 1. The van der Waals surface area contributed by atoms with Crippen molar-refractivity contribution in [2.75, 3.05) is 19.6 Å². The minimum absolute atomic E-state index is 0.0449. The molecule has 68 valence electrons. The zero-order valence-electron chi connectivity index (χ0n) is 8.01. The average molecular weight is 159 g/mol. The van der Waals surface area contributed by atoms with Crippen LogP contribution in [0.15, 0.2) is 0 Å². The molecule has 1 aliphatic heterocycles. The molecule has 0 saturated carbocycles. The first-order valence-electron chi connectivity index (χ1n) is 4.73. The Labute approximate surface area is 70.2 Å². The molecule has 1 N–H and O–H groups in total. The van der Waals surface area contributed by atoms with E-state index >= 15 is 0 Å². The van der Waals surface area contributed by atoms with Crippen LogP contribution in [0.4, 0.5) is 0 Å². The summed E-state index contributed by atoms with van der Waals surface area (Å²) in [6, 6.07) is 0. The van der Waals surface area contributed by atoms with Gasteiger partial charge >= 0.3 is 0 Å². The first-order valence-corrected chi connectivity index (χ1v) is 4.73. The zero-order chi connectivity index (χ0) is 8.69. The number of aliphatic hydroxyl groups is 1. The molecular weight excluding hydrogens is 138 g/mol. The molecule has 0 bridgehead atoms. The van der Waals surface area contributed by atoms with Crippen LogP contribution < -0.4 is 0 Å². The van der Waals surface area contributed by atoms with Gasteiger partial charge in [-0.2, -0.15) is 0 Å². The predicted octanol–water partition coefficient (Wildman–Crippen LogP) is 1.49. The summed E-state index contributed by atoms with van der Waals surface area (Å²) < 4.78 is 0. The van der Waals surface area contributed by atoms with Crippen LogP contribution in [0.1, 0.15) is 33.6 Å². The quantitative estimate of drug-likeness (QED) is 0.660. The Morgan fingerprint density at radius 2 is 2.09 bits per heavy atom. The first-order chi connectivity index (χ1) is 5.33. The van der Waals surface area contributed by atoms with Gasteiger partial charge in [0.05, 0.1) is 6.10 Å². The van der Waals surface area contributed by atoms with Gasteiger partial charge in [-0.25, -0.2) is 0 Å². The minimum atomic E-state index is -0.0449. The number of rotatable bonds is 2. The summed E-state index contributed by atoms with van der Waals surface area (Å²) in [5.41, 5.74) is 0. The molecule has 0 aliphatic carbocycles. The molecule has 0 aromatic carbocycles. The van der Waals surface area contributed by atoms with Gasteiger partial charge in [0.2, 0.25) is 0 Å². The van der Waals surface area contributed by atoms with E-state index < -0.39 is 0 Å². The predicted molar refractivity (Wildman–Crippen MR) is 48.7 cm³/mol. The maximum atomic E-state index is 9.08. The van der Waals surface area contributed by atoms with Crippen molar-refractivity contribution in [2.24, 2.45) is 0 Å². The van der Waals surface area contributed by atoms with Crippen molar-refractivity contribution < 1.29 is 5.11 Å². The summed E-state index contributed by atoms with van der Waals surface area (Å²) >= 11 is 0. The van der Waals surface area contributed by atoms with Crippen molar-refractivity contribution in [3.05, 3.63) is 0 Å². The topological polar surface area (TPSA) is 23.5 Å². The fraction of sp³-hybridized carbons (Fsp3) is 1.00. The second kappa shape index (κ2) is 6.62. The molecule has 0 aromatic rings. The number of hydrogen-bond acceptors (Lipinski definition) is 2. The smallest absolute Gasteiger partial charge is 0.0679 e. The second-order valence-electron chi connectivity index (χ2n) is 2.74. The van der Waals surface area contributed by atoms with Gasteiger partial charge in [0.15, 0.2) is 0 Å². The summed E-state index contributed by atoms with van der Waals surface area (Å²) in [6.07, 6.45) is 2.13. The highest BCUT2D eigenvalue weighted by atomic mass is 16.3. The van der Waals surface area contributed by atoms with E-state index in [9.17, 15) is 0 Å². The van der Waals surface area contributed by atoms with Gasteiger partial charge in [-0.3, -0.25) is 0 Å². The van der Waals surface area contributed by atoms with Crippen LogP contribution in [-0.4, -0.2) is 35.7 Å². The Hall–Kier alpha value is -0.0800. The van der Waals surface area contributed by atoms with Crippen molar-refractivity contribution in [2.45, 2.75) is 39.7 Å². The van der Waals surface area contributed by atoms with E-state index in [0.29, 0.717) is 0 Å². The Morgan fingerprint density at radius 1 is 1.45 bits per heavy atom. The number of β-amino-alcohol motifs (C(OH)–C–C–N with tert-alkyl or cyclic N) is 1. The Bertz CT molecular complexity index is 83.6. The van der Waals surface area contributed by atoms with Crippen molar-refractivity contribution in [3.8, 4) is 0 Å². The fourth-order valence-corrected chi connectivity index (χ4v) is 1.33. The van der Waals surface area contributed by atoms with Crippen molar-refractivity contribution in [1.29, 1.82) is 0 Å². The highest BCUT2D eigenvalue weighted by Crippen LogP contribution is 2.07. The number of aliphatic hydroxyl groups excluding tert-OH is 1. The van der Waals surface area contributed by atoms with Gasteiger partial charge in [-0.1, -0.05) is 20.8 Å². The first kappa shape index (κ1) is 10.9. The maximum Gasteiger partial charge on any atom is 0.0679 e. The number of likely N-dealkylation sites (tertiary alicyclic amines) is 1. The summed E-state index contributed by atoms with van der Waals surface area (Å²) in [4.78, 5) is 2.31. The summed E-state index contributed by atoms with van der Waals surface area (Å²) in [7, 11) is 0. The highest BCUT2D eigenvalue weighted by Gasteiger charge is 2.18. The highest BCUT2D eigenvalue weighted by molar-refractivity contribution is 4.73. The summed E-state index contributed by atoms with van der Waals surface area (Å²) in [5, 5.41) is 9.08. The number of hydrogen-bond donors (Lipinski definition) is 1. The molecule has 11 heavy (non-hydrogen) atoms. The zero-order valence-corrected chi connectivity index (χ0v) is 8.01. The van der Waals surface area contributed by atoms with E-state index in [1.54, 1.807) is 0 Å². The van der Waals surface area contributed by atoms with E-state index in [4.69, 9.17) is 5.11 Å². The van der Waals surface area contributed by atoms with Crippen molar-refractivity contribution in [1.82, 2.24) is 4.90 Å². The average Bonchev–Trinajstić information content (AvgIpc) is 2.41. The van der Waals surface area contributed by atoms with Crippen LogP contribution in [0, 0.1) is 0 Å². The molecular formula is C9H21NO. The third-order valence-corrected chi connectivity index (χ3v) is 1.79. The molecule has 1 saturated heterocycles. The lowest BCUT2D eigenvalue weighted by Gasteiger charge is -2.11. The Morgan fingerprint density at radius 3 is 2.45 bits per heavy atom. The van der Waals surface area contributed by atoms with Crippen LogP contribution >= 0.6 is 0 Å². The van der Waals surface area contributed by atoms with E-state index in [1.807, 2.05) is 13.8 Å². The van der Waals surface area contributed by atoms with Crippen molar-refractivity contribution in [3.63, 3.8) is 0 Å². The fourth-order valence-electron chi connectivity index (χ4n) is 1.33. The van der Waals surface area contributed by atoms with Crippen LogP contribution in [-0.2, 0) is 0 Å². The molecule has 1 aliphatic rings. The van der Waals surface area contributed by atoms with Gasteiger partial charge in [0, 0.05) is 13.1 Å². The Kier molecular flexibility index (Phi) is 6.57. The maximum absolute atomic E-state index is 9.08. The molecule has 0 amide bonds. The molecule has 1 unspecified atom stereocenters. The SMILES string of the molecule is CC.CCCN1CCC(O)C1. The normalized spacial score (nSPS) is 24.5. The standard InChI is InChI=1S/C7H15NO.C2H6/c1-2-4-8-5-3-7(9)6-8;1-2/h7,9H,2-6H2,1H3;1-2H3. The van der Waals surface area contributed by atoms with E-state index in [-0.39, 0.29) is 6.10 Å². The summed E-state index contributed by atoms with van der Waals surface area (Å²) in [5.74, 6) is 0. The van der Waals surface area contributed by atoms with Crippen LogP contribution in [0.3, 0.4) is 0 Å². The molecule has 1 rings (SSSR count). The van der Waals surface area contributed by atoms with Crippen LogP contribution in [0.2, 0.25) is 0 Å². The largest absolute Gasteiger partial charge is 0.392 e. The van der Waals surface area contributed by atoms with Gasteiger partial charge in [0.25, 0.3) is 0 Å². The Balaban J connectivity index is 0.000000461. The lowest BCUT2D eigenvalue weighted by atomic mass is 10.3. The van der Waals surface area contributed by atoms with Gasteiger partial charge in [-0.15, -0.1) is 0 Å². The van der Waals surface area contributed by atoms with Gasteiger partial charge in [-0.05, 0) is 19.4 Å². The van der Waals surface area contributed by atoms with E-state index in [2.05, 4.69) is 11.8 Å². The minimum Gasteiger partial charge on any atom is -0.392 e. The van der Waals surface area contributed by atoms with Gasteiger partial charge in [0.1, 0.15) is 0 Å². The van der Waals surface area contributed by atoms with Crippen LogP contribution in [0.5, 0.6) is 0 Å². The molecule has 1 atom stereocenters. The molecule has 2 heteroatoms. The summed E-state index contributed by atoms with van der Waals surface area (Å²) in [6.45, 7) is 9.31. The monoisotopic (exact) mass is 159 g/mol. The second-order valence-corrected chi connectivity index (χ2v) is 2.74.